The highest BCUT2D eigenvalue weighted by atomic mass is 17.2. The molecule has 1 N–H and O–H groups in total. The van der Waals surface area contributed by atoms with Gasteiger partial charge in [-0.25, -0.2) is 9.78 Å². The van der Waals surface area contributed by atoms with Crippen LogP contribution in [-0.2, 0) is 24.1 Å². The Labute approximate surface area is 225 Å². The predicted molar refractivity (Wildman–Crippen MR) is 140 cm³/mol. The van der Waals surface area contributed by atoms with Crippen molar-refractivity contribution >= 4 is 11.8 Å². The number of benzene rings is 1. The van der Waals surface area contributed by atoms with E-state index in [9.17, 15) is 9.59 Å². The SMILES string of the molecule is COC1(OOC2CCC(c3ccc(OCCCN4CC(=O)NC(=O)C4)cc3)CC2)C2CC3CC(C2)CC1C3. The summed E-state index contributed by atoms with van der Waals surface area (Å²) in [5, 5.41) is 2.32. The van der Waals surface area contributed by atoms with Gasteiger partial charge in [-0.3, -0.25) is 19.8 Å². The van der Waals surface area contributed by atoms with Gasteiger partial charge in [0, 0.05) is 25.5 Å². The molecule has 1 heterocycles. The van der Waals surface area contributed by atoms with E-state index >= 15 is 0 Å². The minimum atomic E-state index is -0.528. The fraction of sp³-hybridized carbons (Fsp3) is 0.733. The number of methoxy groups -OCH3 is 1. The van der Waals surface area contributed by atoms with Gasteiger partial charge in [0.25, 0.3) is 0 Å². The molecular formula is C30H42N2O6. The van der Waals surface area contributed by atoms with Crippen LogP contribution in [0.3, 0.4) is 0 Å². The zero-order valence-corrected chi connectivity index (χ0v) is 22.6. The summed E-state index contributed by atoms with van der Waals surface area (Å²) in [4.78, 5) is 37.2. The largest absolute Gasteiger partial charge is 0.494 e. The van der Waals surface area contributed by atoms with Gasteiger partial charge in [-0.1, -0.05) is 12.1 Å². The zero-order valence-electron chi connectivity index (χ0n) is 22.6. The normalized spacial score (nSPS) is 36.9. The van der Waals surface area contributed by atoms with Gasteiger partial charge in [0.15, 0.2) is 0 Å². The molecule has 6 aliphatic rings. The number of imide groups is 1. The maximum absolute atomic E-state index is 11.5. The lowest BCUT2D eigenvalue weighted by molar-refractivity contribution is -0.485. The summed E-state index contributed by atoms with van der Waals surface area (Å²) in [6, 6.07) is 8.46. The third-order valence-corrected chi connectivity index (χ3v) is 9.84. The van der Waals surface area contributed by atoms with Crippen LogP contribution in [-0.4, -0.2) is 62.0 Å². The Balaban J connectivity index is 0.921. The maximum Gasteiger partial charge on any atom is 0.240 e. The van der Waals surface area contributed by atoms with Crippen molar-refractivity contribution in [3.05, 3.63) is 29.8 Å². The molecule has 7 rings (SSSR count). The Bertz CT molecular complexity index is 945. The van der Waals surface area contributed by atoms with Crippen molar-refractivity contribution in [2.75, 3.05) is 33.4 Å². The second-order valence-corrected chi connectivity index (χ2v) is 12.3. The summed E-state index contributed by atoms with van der Waals surface area (Å²) in [6.07, 6.45) is 11.4. The van der Waals surface area contributed by atoms with Gasteiger partial charge in [0.05, 0.1) is 25.8 Å². The highest BCUT2D eigenvalue weighted by molar-refractivity contribution is 5.99. The summed E-state index contributed by atoms with van der Waals surface area (Å²) >= 11 is 0. The second-order valence-electron chi connectivity index (χ2n) is 12.3. The van der Waals surface area contributed by atoms with Gasteiger partial charge in [-0.05, 0) is 99.7 Å². The number of amides is 2. The molecule has 5 aliphatic carbocycles. The lowest BCUT2D eigenvalue weighted by Crippen LogP contribution is -2.60. The molecule has 208 valence electrons. The maximum atomic E-state index is 11.5. The molecule has 0 aromatic heterocycles. The van der Waals surface area contributed by atoms with E-state index < -0.39 is 5.79 Å². The average molecular weight is 527 g/mol. The summed E-state index contributed by atoms with van der Waals surface area (Å²) in [5.41, 5.74) is 1.35. The summed E-state index contributed by atoms with van der Waals surface area (Å²) in [6.45, 7) is 1.77. The van der Waals surface area contributed by atoms with Gasteiger partial charge in [0.2, 0.25) is 17.6 Å². The third-order valence-electron chi connectivity index (χ3n) is 9.84. The highest BCUT2D eigenvalue weighted by Gasteiger charge is 2.60. The minimum Gasteiger partial charge on any atom is -0.494 e. The molecule has 4 bridgehead atoms. The first-order valence-electron chi connectivity index (χ1n) is 14.7. The number of carbonyl (C=O) groups excluding carboxylic acids is 2. The van der Waals surface area contributed by atoms with Gasteiger partial charge < -0.3 is 9.47 Å². The number of carbonyl (C=O) groups is 2. The van der Waals surface area contributed by atoms with Crippen LogP contribution >= 0.6 is 0 Å². The van der Waals surface area contributed by atoms with Gasteiger partial charge >= 0.3 is 0 Å². The molecule has 8 heteroatoms. The van der Waals surface area contributed by atoms with Crippen LogP contribution in [0.25, 0.3) is 0 Å². The monoisotopic (exact) mass is 526 g/mol. The number of nitrogens with one attached hydrogen (secondary N) is 1. The van der Waals surface area contributed by atoms with E-state index in [1.165, 1.54) is 37.7 Å². The number of piperazine rings is 1. The van der Waals surface area contributed by atoms with Crippen molar-refractivity contribution in [2.24, 2.45) is 23.7 Å². The standard InChI is InChI=1S/C30H42N2O6/c1-35-30(24-14-20-13-21(16-24)17-25(30)15-20)38-37-27-9-5-23(6-10-27)22-3-7-26(8-4-22)36-12-2-11-32-18-28(33)31-29(34)19-32/h3-4,7-8,20-21,23-25,27H,2,5-6,9-19H2,1H3,(H,31,33,34). The van der Waals surface area contributed by atoms with Crippen LogP contribution in [0.15, 0.2) is 24.3 Å². The molecule has 0 radical (unpaired) electrons. The summed E-state index contributed by atoms with van der Waals surface area (Å²) < 4.78 is 12.0. The van der Waals surface area contributed by atoms with E-state index in [1.54, 1.807) is 0 Å². The van der Waals surface area contributed by atoms with Crippen molar-refractivity contribution in [2.45, 2.75) is 82.0 Å². The van der Waals surface area contributed by atoms with Gasteiger partial charge in [0.1, 0.15) is 5.75 Å². The van der Waals surface area contributed by atoms with Gasteiger partial charge in [-0.2, -0.15) is 0 Å². The van der Waals surface area contributed by atoms with Crippen LogP contribution in [0, 0.1) is 23.7 Å². The Morgan fingerprint density at radius 1 is 0.895 bits per heavy atom. The molecule has 1 aromatic carbocycles. The first-order chi connectivity index (χ1) is 18.5. The molecule has 1 aromatic rings. The van der Waals surface area contributed by atoms with Crippen molar-refractivity contribution < 1.29 is 28.8 Å². The van der Waals surface area contributed by atoms with E-state index in [0.717, 1.165) is 49.7 Å². The molecule has 0 spiro atoms. The second kappa shape index (κ2) is 11.2. The van der Waals surface area contributed by atoms with E-state index in [2.05, 4.69) is 17.4 Å². The van der Waals surface area contributed by atoms with Crippen molar-refractivity contribution in [3.63, 3.8) is 0 Å². The molecule has 0 atom stereocenters. The molecule has 5 saturated carbocycles. The lowest BCUT2D eigenvalue weighted by atomic mass is 9.53. The van der Waals surface area contributed by atoms with Crippen molar-refractivity contribution in [1.29, 1.82) is 0 Å². The smallest absolute Gasteiger partial charge is 0.240 e. The molecule has 2 amide bonds. The molecule has 8 nitrogen and oxygen atoms in total. The summed E-state index contributed by atoms with van der Waals surface area (Å²) in [7, 11) is 1.81. The lowest BCUT2D eigenvalue weighted by Gasteiger charge is -2.58. The number of ether oxygens (including phenoxy) is 2. The number of nitrogens with zero attached hydrogens (tertiary/aromatic N) is 1. The van der Waals surface area contributed by atoms with E-state index in [-0.39, 0.29) is 31.0 Å². The van der Waals surface area contributed by atoms with Gasteiger partial charge in [-0.15, -0.1) is 0 Å². The highest BCUT2D eigenvalue weighted by Crippen LogP contribution is 2.60. The Hall–Kier alpha value is -2.00. The van der Waals surface area contributed by atoms with Crippen LogP contribution < -0.4 is 10.1 Å². The molecule has 1 aliphatic heterocycles. The third kappa shape index (κ3) is 5.51. The topological polar surface area (TPSA) is 86.3 Å². The van der Waals surface area contributed by atoms with Crippen LogP contribution in [0.4, 0.5) is 0 Å². The first kappa shape index (κ1) is 26.2. The Morgan fingerprint density at radius 3 is 2.13 bits per heavy atom. The molecule has 6 fully saturated rings. The Morgan fingerprint density at radius 2 is 1.53 bits per heavy atom. The van der Waals surface area contributed by atoms with E-state index in [1.807, 2.05) is 24.1 Å². The van der Waals surface area contributed by atoms with Crippen LogP contribution in [0.1, 0.15) is 75.7 Å². The quantitative estimate of drug-likeness (QED) is 0.161. The summed E-state index contributed by atoms with van der Waals surface area (Å²) in [5.74, 6) is 3.10. The number of hydrogen-bond acceptors (Lipinski definition) is 7. The fourth-order valence-electron chi connectivity index (χ4n) is 8.15. The van der Waals surface area contributed by atoms with Crippen molar-refractivity contribution in [1.82, 2.24) is 10.2 Å². The number of hydrogen-bond donors (Lipinski definition) is 1. The Kier molecular flexibility index (Phi) is 7.76. The molecular weight excluding hydrogens is 484 g/mol. The first-order valence-corrected chi connectivity index (χ1v) is 14.7. The molecule has 1 saturated heterocycles. The fourth-order valence-corrected chi connectivity index (χ4v) is 8.15. The molecule has 38 heavy (non-hydrogen) atoms. The molecule has 0 unspecified atom stereocenters. The predicted octanol–water partition coefficient (Wildman–Crippen LogP) is 4.19. The van der Waals surface area contributed by atoms with Crippen LogP contribution in [0.2, 0.25) is 0 Å². The zero-order chi connectivity index (χ0) is 26.1. The van der Waals surface area contributed by atoms with Crippen LogP contribution in [0.5, 0.6) is 5.75 Å². The van der Waals surface area contributed by atoms with E-state index in [0.29, 0.717) is 30.9 Å². The van der Waals surface area contributed by atoms with Crippen molar-refractivity contribution in [3.8, 4) is 5.75 Å². The average Bonchev–Trinajstić information content (AvgIpc) is 2.91. The number of rotatable bonds is 10. The van der Waals surface area contributed by atoms with E-state index in [4.69, 9.17) is 19.2 Å². The minimum absolute atomic E-state index is 0.138.